The second-order valence-corrected chi connectivity index (χ2v) is 7.40. The van der Waals surface area contributed by atoms with Crippen LogP contribution < -0.4 is 0 Å². The Bertz CT molecular complexity index is 1050. The van der Waals surface area contributed by atoms with E-state index in [0.717, 1.165) is 29.8 Å². The molecular weight excluding hydrogens is 330 g/mol. The zero-order chi connectivity index (χ0) is 17.9. The van der Waals surface area contributed by atoms with Crippen LogP contribution in [0.4, 0.5) is 0 Å². The maximum Gasteiger partial charge on any atom is 0.243 e. The molecule has 1 N–H and O–H groups in total. The Morgan fingerprint density at radius 2 is 2.27 bits per heavy atom. The molecule has 8 heteroatoms. The minimum absolute atomic E-state index is 0.0144. The van der Waals surface area contributed by atoms with Gasteiger partial charge in [-0.25, -0.2) is 4.98 Å². The number of hydrogen-bond donors (Lipinski definition) is 1. The minimum Gasteiger partial charge on any atom is -0.345 e. The van der Waals surface area contributed by atoms with E-state index in [1.165, 1.54) is 0 Å². The highest BCUT2D eigenvalue weighted by Gasteiger charge is 2.54. The summed E-state index contributed by atoms with van der Waals surface area (Å²) >= 11 is 0. The van der Waals surface area contributed by atoms with E-state index >= 15 is 0 Å². The summed E-state index contributed by atoms with van der Waals surface area (Å²) in [4.78, 5) is 22.3. The van der Waals surface area contributed by atoms with Crippen LogP contribution in [0.25, 0.3) is 16.8 Å². The van der Waals surface area contributed by atoms with Crippen molar-refractivity contribution in [1.82, 2.24) is 29.5 Å². The average Bonchev–Trinajstić information content (AvgIpc) is 3.11. The van der Waals surface area contributed by atoms with Crippen LogP contribution in [-0.2, 0) is 4.79 Å². The van der Waals surface area contributed by atoms with Gasteiger partial charge in [0.05, 0.1) is 17.8 Å². The van der Waals surface area contributed by atoms with Gasteiger partial charge in [-0.05, 0) is 38.7 Å². The van der Waals surface area contributed by atoms with Gasteiger partial charge in [0.25, 0.3) is 0 Å². The second-order valence-electron chi connectivity index (χ2n) is 7.40. The molecule has 0 spiro atoms. The first-order chi connectivity index (χ1) is 12.6. The summed E-state index contributed by atoms with van der Waals surface area (Å²) in [7, 11) is 0. The third kappa shape index (κ3) is 2.00. The number of aromatic amines is 1. The fourth-order valence-corrected chi connectivity index (χ4v) is 4.19. The maximum atomic E-state index is 12.9. The number of hydrogen-bond acceptors (Lipinski definition) is 5. The first kappa shape index (κ1) is 15.3. The van der Waals surface area contributed by atoms with Crippen LogP contribution in [0.15, 0.2) is 18.5 Å². The molecule has 0 radical (unpaired) electrons. The monoisotopic (exact) mass is 349 g/mol. The smallest absolute Gasteiger partial charge is 0.243 e. The molecule has 2 fully saturated rings. The number of H-pyrrole nitrogens is 1. The van der Waals surface area contributed by atoms with Gasteiger partial charge >= 0.3 is 0 Å². The van der Waals surface area contributed by atoms with Crippen molar-refractivity contribution in [2.45, 2.75) is 44.6 Å². The number of likely N-dealkylation sites (tertiary alicyclic amines) is 1. The molecule has 1 aliphatic heterocycles. The summed E-state index contributed by atoms with van der Waals surface area (Å²) < 4.78 is 2.03. The molecule has 1 saturated carbocycles. The fourth-order valence-electron chi connectivity index (χ4n) is 4.19. The van der Waals surface area contributed by atoms with Crippen LogP contribution in [0.5, 0.6) is 0 Å². The highest BCUT2D eigenvalue weighted by Crippen LogP contribution is 2.48. The number of nitrogens with one attached hydrogen (secondary N) is 1. The summed E-state index contributed by atoms with van der Waals surface area (Å²) in [5.41, 5.74) is 1.66. The quantitative estimate of drug-likeness (QED) is 0.762. The third-order valence-corrected chi connectivity index (χ3v) is 5.92. The summed E-state index contributed by atoms with van der Waals surface area (Å²) in [6.07, 6.45) is 6.77. The lowest BCUT2D eigenvalue weighted by atomic mass is 9.88. The normalized spacial score (nSPS) is 24.7. The van der Waals surface area contributed by atoms with Gasteiger partial charge in [0.2, 0.25) is 5.91 Å². The Kier molecular flexibility index (Phi) is 3.11. The summed E-state index contributed by atoms with van der Waals surface area (Å²) in [5, 5.41) is 18.1. The lowest BCUT2D eigenvalue weighted by molar-refractivity contribution is -0.138. The number of carbonyl (C=O) groups excluding carboxylic acids is 1. The van der Waals surface area contributed by atoms with Gasteiger partial charge in [-0.15, -0.1) is 10.2 Å². The number of piperidine rings is 1. The van der Waals surface area contributed by atoms with Crippen LogP contribution in [0.2, 0.25) is 0 Å². The van der Waals surface area contributed by atoms with Gasteiger partial charge in [-0.1, -0.05) is 0 Å². The summed E-state index contributed by atoms with van der Waals surface area (Å²) in [6.45, 7) is 2.77. The molecule has 132 valence electrons. The van der Waals surface area contributed by atoms with Gasteiger partial charge < -0.3 is 9.88 Å². The molecule has 0 aromatic carbocycles. The Balaban J connectivity index is 1.56. The van der Waals surface area contributed by atoms with Gasteiger partial charge in [-0.3, -0.25) is 9.20 Å². The molecule has 0 bridgehead atoms. The molecule has 1 aliphatic carbocycles. The van der Waals surface area contributed by atoms with E-state index in [9.17, 15) is 10.1 Å². The Morgan fingerprint density at radius 3 is 3.04 bits per heavy atom. The number of amides is 1. The molecular formula is C18H19N7O. The van der Waals surface area contributed by atoms with Gasteiger partial charge in [0.1, 0.15) is 11.2 Å². The lowest BCUT2D eigenvalue weighted by Crippen LogP contribution is -2.49. The minimum atomic E-state index is -0.777. The highest BCUT2D eigenvalue weighted by molar-refractivity contribution is 5.88. The van der Waals surface area contributed by atoms with Crippen LogP contribution in [0.3, 0.4) is 0 Å². The predicted molar refractivity (Wildman–Crippen MR) is 93.1 cm³/mol. The van der Waals surface area contributed by atoms with E-state index in [-0.39, 0.29) is 17.9 Å². The number of fused-ring (bicyclic) bond motifs is 3. The molecule has 1 amide bonds. The molecule has 26 heavy (non-hydrogen) atoms. The maximum absolute atomic E-state index is 12.9. The Labute approximate surface area is 149 Å². The number of nitrogens with zero attached hydrogens (tertiary/aromatic N) is 6. The first-order valence-corrected chi connectivity index (χ1v) is 9.04. The molecule has 2 atom stereocenters. The van der Waals surface area contributed by atoms with E-state index in [4.69, 9.17) is 0 Å². The van der Waals surface area contributed by atoms with Crippen molar-refractivity contribution in [2.24, 2.45) is 5.41 Å². The molecule has 3 aromatic heterocycles. The van der Waals surface area contributed by atoms with Crippen molar-refractivity contribution in [3.63, 3.8) is 0 Å². The van der Waals surface area contributed by atoms with Crippen molar-refractivity contribution in [3.05, 3.63) is 24.3 Å². The molecule has 3 aromatic rings. The van der Waals surface area contributed by atoms with E-state index in [0.29, 0.717) is 25.0 Å². The van der Waals surface area contributed by atoms with Crippen LogP contribution in [0.1, 0.15) is 44.3 Å². The molecule has 2 aliphatic rings. The zero-order valence-corrected chi connectivity index (χ0v) is 14.5. The SMILES string of the molecule is C[C@@H]1[C@H](c2nnc3cnc4[nH]ccc4n23)CCCN1C(=O)C1(C#N)CC1. The van der Waals surface area contributed by atoms with E-state index in [2.05, 4.69) is 33.2 Å². The van der Waals surface area contributed by atoms with Crippen molar-refractivity contribution in [2.75, 3.05) is 6.54 Å². The highest BCUT2D eigenvalue weighted by atomic mass is 16.2. The largest absolute Gasteiger partial charge is 0.345 e. The van der Waals surface area contributed by atoms with Gasteiger partial charge in [0, 0.05) is 24.7 Å². The van der Waals surface area contributed by atoms with Crippen LogP contribution in [-0.4, -0.2) is 48.0 Å². The van der Waals surface area contributed by atoms with E-state index in [1.54, 1.807) is 6.20 Å². The predicted octanol–water partition coefficient (Wildman–Crippen LogP) is 2.00. The molecule has 5 rings (SSSR count). The summed E-state index contributed by atoms with van der Waals surface area (Å²) in [6, 6.07) is 4.18. The lowest BCUT2D eigenvalue weighted by Gasteiger charge is -2.39. The third-order valence-electron chi connectivity index (χ3n) is 5.92. The van der Waals surface area contributed by atoms with E-state index < -0.39 is 5.41 Å². The zero-order valence-electron chi connectivity index (χ0n) is 14.5. The molecule has 0 unspecified atom stereocenters. The number of aromatic nitrogens is 5. The standard InChI is InChI=1S/C18H19N7O/c1-11-12(3-2-8-24(11)17(26)18(10-19)5-6-18)16-23-22-14-9-21-15-13(25(14)16)4-7-20-15/h4,7,9,11-12,20H,2-3,5-6,8H2,1H3/t11-,12-/m1/s1. The first-order valence-electron chi connectivity index (χ1n) is 9.04. The Morgan fingerprint density at radius 1 is 1.42 bits per heavy atom. The van der Waals surface area contributed by atoms with Crippen LogP contribution >= 0.6 is 0 Å². The topological polar surface area (TPSA) is 103 Å². The summed E-state index contributed by atoms with van der Waals surface area (Å²) in [5.74, 6) is 0.927. The van der Waals surface area contributed by atoms with Crippen molar-refractivity contribution in [3.8, 4) is 6.07 Å². The Hall–Kier alpha value is -2.95. The van der Waals surface area contributed by atoms with Crippen LogP contribution in [0, 0.1) is 16.7 Å². The number of nitriles is 1. The number of carbonyl (C=O) groups is 1. The molecule has 1 saturated heterocycles. The van der Waals surface area contributed by atoms with Gasteiger partial charge in [-0.2, -0.15) is 5.26 Å². The van der Waals surface area contributed by atoms with Crippen molar-refractivity contribution < 1.29 is 4.79 Å². The van der Waals surface area contributed by atoms with E-state index in [1.807, 2.05) is 21.6 Å². The fraction of sp³-hybridized carbons (Fsp3) is 0.500. The second kappa shape index (κ2) is 5.27. The van der Waals surface area contributed by atoms with Gasteiger partial charge in [0.15, 0.2) is 11.3 Å². The average molecular weight is 349 g/mol. The van der Waals surface area contributed by atoms with Crippen molar-refractivity contribution >= 4 is 22.7 Å². The molecule has 8 nitrogen and oxygen atoms in total. The molecule has 4 heterocycles. The van der Waals surface area contributed by atoms with Crippen molar-refractivity contribution in [1.29, 1.82) is 5.26 Å². The number of rotatable bonds is 2.